The summed E-state index contributed by atoms with van der Waals surface area (Å²) in [6.07, 6.45) is 0.487. The smallest absolute Gasteiger partial charge is 0.408 e. The van der Waals surface area contributed by atoms with Gasteiger partial charge < -0.3 is 25.3 Å². The first-order chi connectivity index (χ1) is 13.3. The molecule has 0 aromatic rings. The van der Waals surface area contributed by atoms with Gasteiger partial charge >= 0.3 is 18.0 Å². The molecular weight excluding hydrogens is 380 g/mol. The van der Waals surface area contributed by atoms with Crippen molar-refractivity contribution in [1.82, 2.24) is 5.32 Å². The van der Waals surface area contributed by atoms with Crippen molar-refractivity contribution in [2.45, 2.75) is 73.0 Å². The lowest BCUT2D eigenvalue weighted by Crippen LogP contribution is -2.44. The SMILES string of the molecule is CC(NC(=O)OC(C)(C)C)C(N)=O.CCOC(=O)CCC1C(C)C1C(=O)OCC. The Morgan fingerprint density at radius 1 is 1.07 bits per heavy atom. The highest BCUT2D eigenvalue weighted by molar-refractivity contribution is 5.83. The van der Waals surface area contributed by atoms with Crippen LogP contribution in [0.3, 0.4) is 0 Å². The zero-order valence-corrected chi connectivity index (χ0v) is 18.6. The molecule has 0 aliphatic heterocycles. The molecule has 4 unspecified atom stereocenters. The van der Waals surface area contributed by atoms with Crippen molar-refractivity contribution in [3.05, 3.63) is 0 Å². The second-order valence-electron chi connectivity index (χ2n) is 7.91. The van der Waals surface area contributed by atoms with Crippen molar-refractivity contribution in [2.75, 3.05) is 13.2 Å². The monoisotopic (exact) mass is 416 g/mol. The summed E-state index contributed by atoms with van der Waals surface area (Å²) in [6, 6.07) is -0.713. The third-order valence-electron chi connectivity index (χ3n) is 4.27. The highest BCUT2D eigenvalue weighted by Crippen LogP contribution is 2.49. The lowest BCUT2D eigenvalue weighted by molar-refractivity contribution is -0.146. The standard InChI is InChI=1S/C12H20O4.C8H16N2O3/c1-4-15-10(13)7-6-9-8(3)11(9)12(14)16-5-2;1-5(6(9)11)10-7(12)13-8(2,3)4/h8-9,11H,4-7H2,1-3H3;5H,1-4H3,(H2,9,11)(H,10,12). The van der Waals surface area contributed by atoms with Gasteiger partial charge in [-0.25, -0.2) is 4.79 Å². The largest absolute Gasteiger partial charge is 0.466 e. The highest BCUT2D eigenvalue weighted by atomic mass is 16.6. The Morgan fingerprint density at radius 2 is 1.62 bits per heavy atom. The van der Waals surface area contributed by atoms with E-state index in [-0.39, 0.29) is 17.9 Å². The third-order valence-corrected chi connectivity index (χ3v) is 4.27. The molecule has 0 aromatic carbocycles. The molecule has 9 nitrogen and oxygen atoms in total. The van der Waals surface area contributed by atoms with E-state index in [1.165, 1.54) is 6.92 Å². The van der Waals surface area contributed by atoms with E-state index < -0.39 is 23.6 Å². The van der Waals surface area contributed by atoms with Crippen molar-refractivity contribution in [3.8, 4) is 0 Å². The normalized spacial score (nSPS) is 21.0. The molecule has 0 aromatic heterocycles. The van der Waals surface area contributed by atoms with E-state index in [0.29, 0.717) is 31.5 Å². The van der Waals surface area contributed by atoms with E-state index in [0.717, 1.165) is 6.42 Å². The summed E-state index contributed by atoms with van der Waals surface area (Å²) in [5.74, 6) is -0.259. The van der Waals surface area contributed by atoms with Crippen molar-refractivity contribution >= 4 is 23.9 Å². The summed E-state index contributed by atoms with van der Waals surface area (Å²) in [5, 5.41) is 2.30. The van der Waals surface area contributed by atoms with Crippen molar-refractivity contribution in [3.63, 3.8) is 0 Å². The maximum atomic E-state index is 11.5. The molecule has 2 amide bonds. The molecule has 4 atom stereocenters. The Balaban J connectivity index is 0.000000555. The molecule has 1 fully saturated rings. The van der Waals surface area contributed by atoms with Gasteiger partial charge in [0, 0.05) is 6.42 Å². The zero-order chi connectivity index (χ0) is 22.8. The van der Waals surface area contributed by atoms with Crippen LogP contribution in [-0.2, 0) is 28.6 Å². The van der Waals surface area contributed by atoms with Crippen molar-refractivity contribution < 1.29 is 33.4 Å². The lowest BCUT2D eigenvalue weighted by atomic mass is 10.2. The van der Waals surface area contributed by atoms with Crippen molar-refractivity contribution in [2.24, 2.45) is 23.5 Å². The summed E-state index contributed by atoms with van der Waals surface area (Å²) in [4.78, 5) is 44.2. The van der Waals surface area contributed by atoms with Gasteiger partial charge in [0.25, 0.3) is 0 Å². The van der Waals surface area contributed by atoms with E-state index in [4.69, 9.17) is 19.9 Å². The summed E-state index contributed by atoms with van der Waals surface area (Å²) < 4.78 is 14.7. The van der Waals surface area contributed by atoms with Gasteiger partial charge in [-0.15, -0.1) is 0 Å². The number of nitrogens with two attached hydrogens (primary N) is 1. The first kappa shape index (κ1) is 26.7. The van der Waals surface area contributed by atoms with E-state index in [9.17, 15) is 19.2 Å². The number of esters is 2. The molecule has 0 bridgehead atoms. The van der Waals surface area contributed by atoms with Gasteiger partial charge in [-0.2, -0.15) is 0 Å². The quantitative estimate of drug-likeness (QED) is 0.457. The molecule has 168 valence electrons. The van der Waals surface area contributed by atoms with Gasteiger partial charge in [-0.3, -0.25) is 14.4 Å². The Morgan fingerprint density at radius 3 is 2.07 bits per heavy atom. The van der Waals surface area contributed by atoms with Crippen LogP contribution < -0.4 is 11.1 Å². The minimum Gasteiger partial charge on any atom is -0.466 e. The molecule has 3 N–H and O–H groups in total. The van der Waals surface area contributed by atoms with E-state index in [2.05, 4.69) is 5.32 Å². The molecule has 0 heterocycles. The first-order valence-electron chi connectivity index (χ1n) is 9.95. The van der Waals surface area contributed by atoms with Gasteiger partial charge in [-0.1, -0.05) is 6.92 Å². The van der Waals surface area contributed by atoms with Crippen LogP contribution in [0.5, 0.6) is 0 Å². The number of hydrogen-bond acceptors (Lipinski definition) is 7. The fraction of sp³-hybridized carbons (Fsp3) is 0.800. The van der Waals surface area contributed by atoms with Crippen molar-refractivity contribution in [1.29, 1.82) is 0 Å². The molecule has 29 heavy (non-hydrogen) atoms. The molecule has 1 aliphatic carbocycles. The second kappa shape index (κ2) is 12.3. The van der Waals surface area contributed by atoms with E-state index in [1.54, 1.807) is 34.6 Å². The lowest BCUT2D eigenvalue weighted by Gasteiger charge is -2.20. The van der Waals surface area contributed by atoms with Crippen LogP contribution in [0.2, 0.25) is 0 Å². The molecular formula is C20H36N2O7. The van der Waals surface area contributed by atoms with Crippen LogP contribution in [0, 0.1) is 17.8 Å². The molecule has 0 radical (unpaired) electrons. The highest BCUT2D eigenvalue weighted by Gasteiger charge is 2.52. The summed E-state index contributed by atoms with van der Waals surface area (Å²) >= 11 is 0. The average Bonchev–Trinajstić information content (AvgIpc) is 3.22. The molecule has 0 spiro atoms. The number of rotatable bonds is 8. The Kier molecular flexibility index (Phi) is 11.3. The Hall–Kier alpha value is -2.32. The van der Waals surface area contributed by atoms with Crippen LogP contribution in [0.25, 0.3) is 0 Å². The number of hydrogen-bond donors (Lipinski definition) is 2. The number of primary amides is 1. The summed E-state index contributed by atoms with van der Waals surface area (Å²) in [5.41, 5.74) is 4.37. The van der Waals surface area contributed by atoms with Crippen LogP contribution >= 0.6 is 0 Å². The van der Waals surface area contributed by atoms with E-state index >= 15 is 0 Å². The zero-order valence-electron chi connectivity index (χ0n) is 18.6. The topological polar surface area (TPSA) is 134 Å². The first-order valence-corrected chi connectivity index (χ1v) is 9.95. The Labute approximate surface area is 173 Å². The fourth-order valence-corrected chi connectivity index (χ4v) is 2.69. The molecule has 0 saturated heterocycles. The minimum absolute atomic E-state index is 0.00521. The van der Waals surface area contributed by atoms with Gasteiger partial charge in [-0.05, 0) is 59.8 Å². The van der Waals surface area contributed by atoms with Crippen LogP contribution in [-0.4, -0.2) is 48.8 Å². The van der Waals surface area contributed by atoms with Gasteiger partial charge in [0.1, 0.15) is 11.6 Å². The average molecular weight is 417 g/mol. The molecule has 1 saturated carbocycles. The Bertz CT molecular complexity index is 572. The van der Waals surface area contributed by atoms with E-state index in [1.807, 2.05) is 6.92 Å². The van der Waals surface area contributed by atoms with Gasteiger partial charge in [0.2, 0.25) is 5.91 Å². The minimum atomic E-state index is -0.713. The predicted octanol–water partition coefficient (Wildman–Crippen LogP) is 2.16. The number of amides is 2. The molecule has 1 aliphatic rings. The molecule has 9 heteroatoms. The summed E-state index contributed by atoms with van der Waals surface area (Å²) in [6.45, 7) is 13.2. The van der Waals surface area contributed by atoms with Crippen LogP contribution in [0.15, 0.2) is 0 Å². The van der Waals surface area contributed by atoms with Crippen LogP contribution in [0.1, 0.15) is 61.3 Å². The molecule has 1 rings (SSSR count). The number of ether oxygens (including phenoxy) is 3. The maximum absolute atomic E-state index is 11.5. The third kappa shape index (κ3) is 11.3. The number of carbonyl (C=O) groups excluding carboxylic acids is 4. The fourth-order valence-electron chi connectivity index (χ4n) is 2.69. The van der Waals surface area contributed by atoms with Gasteiger partial charge in [0.05, 0.1) is 19.1 Å². The van der Waals surface area contributed by atoms with Gasteiger partial charge in [0.15, 0.2) is 0 Å². The number of carbonyl (C=O) groups is 4. The predicted molar refractivity (Wildman–Crippen MR) is 107 cm³/mol. The maximum Gasteiger partial charge on any atom is 0.408 e. The number of nitrogens with one attached hydrogen (secondary N) is 1. The summed E-state index contributed by atoms with van der Waals surface area (Å²) in [7, 11) is 0. The van der Waals surface area contributed by atoms with Crippen LogP contribution in [0.4, 0.5) is 4.79 Å². The number of alkyl carbamates (subject to hydrolysis) is 1. The second-order valence-corrected chi connectivity index (χ2v) is 7.91.